The number of halogens is 1. The van der Waals surface area contributed by atoms with E-state index in [9.17, 15) is 5.11 Å². The average molecular weight is 461 g/mol. The second-order valence-corrected chi connectivity index (χ2v) is 6.58. The first-order valence-electron chi connectivity index (χ1n) is 9.30. The van der Waals surface area contributed by atoms with Crippen LogP contribution in [0.2, 0.25) is 0 Å². The largest absolute Gasteiger partial charge is 0.396 e. The number of rotatable bonds is 10. The molecule has 4 nitrogen and oxygen atoms in total. The summed E-state index contributed by atoms with van der Waals surface area (Å²) in [5, 5.41) is 15.9. The Morgan fingerprint density at radius 3 is 2.36 bits per heavy atom. The minimum Gasteiger partial charge on any atom is -0.396 e. The molecule has 25 heavy (non-hydrogen) atoms. The monoisotopic (exact) mass is 461 g/mol. The van der Waals surface area contributed by atoms with Gasteiger partial charge in [0.05, 0.1) is 0 Å². The van der Waals surface area contributed by atoms with Crippen LogP contribution in [0.3, 0.4) is 0 Å². The third kappa shape index (κ3) is 10.0. The summed E-state index contributed by atoms with van der Waals surface area (Å²) in [4.78, 5) is 4.71. The molecule has 0 radical (unpaired) electrons. The van der Waals surface area contributed by atoms with Crippen molar-refractivity contribution >= 4 is 29.9 Å². The molecule has 0 amide bonds. The number of aliphatic hydroxyl groups excluding tert-OH is 1. The zero-order valence-corrected chi connectivity index (χ0v) is 18.5. The van der Waals surface area contributed by atoms with Crippen LogP contribution < -0.4 is 10.6 Å². The van der Waals surface area contributed by atoms with Crippen molar-refractivity contribution in [2.75, 3.05) is 26.2 Å². The maximum Gasteiger partial charge on any atom is 0.191 e. The highest BCUT2D eigenvalue weighted by Crippen LogP contribution is 2.15. The van der Waals surface area contributed by atoms with Gasteiger partial charge in [0, 0.05) is 26.2 Å². The van der Waals surface area contributed by atoms with Crippen LogP contribution in [0.4, 0.5) is 0 Å². The van der Waals surface area contributed by atoms with Crippen LogP contribution in [-0.4, -0.2) is 37.3 Å². The second kappa shape index (κ2) is 14.4. The summed E-state index contributed by atoms with van der Waals surface area (Å²) < 4.78 is 0. The fourth-order valence-electron chi connectivity index (χ4n) is 2.74. The van der Waals surface area contributed by atoms with Crippen molar-refractivity contribution in [2.24, 2.45) is 10.9 Å². The quantitative estimate of drug-likeness (QED) is 0.280. The maximum atomic E-state index is 9.17. The van der Waals surface area contributed by atoms with Crippen LogP contribution in [0.15, 0.2) is 29.3 Å². The Balaban J connectivity index is 0.00000576. The summed E-state index contributed by atoms with van der Waals surface area (Å²) in [5.41, 5.74) is 2.63. The van der Waals surface area contributed by atoms with Gasteiger partial charge < -0.3 is 15.7 Å². The van der Waals surface area contributed by atoms with Crippen LogP contribution in [-0.2, 0) is 0 Å². The fourth-order valence-corrected chi connectivity index (χ4v) is 2.74. The van der Waals surface area contributed by atoms with Gasteiger partial charge in [-0.1, -0.05) is 50.1 Å². The number of hydrogen-bond acceptors (Lipinski definition) is 2. The molecule has 0 aliphatic rings. The van der Waals surface area contributed by atoms with E-state index in [1.54, 1.807) is 0 Å². The SMILES string of the molecule is CCCC(CCO)CN=C(NCC)NCC(C)c1ccc(C)cc1.I. The van der Waals surface area contributed by atoms with E-state index in [1.165, 1.54) is 11.1 Å². The van der Waals surface area contributed by atoms with Crippen LogP contribution >= 0.6 is 24.0 Å². The smallest absolute Gasteiger partial charge is 0.191 e. The molecule has 0 heterocycles. The number of guanidine groups is 1. The van der Waals surface area contributed by atoms with Gasteiger partial charge in [0.25, 0.3) is 0 Å². The molecule has 2 unspecified atom stereocenters. The molecular formula is C20H36IN3O. The van der Waals surface area contributed by atoms with Gasteiger partial charge in [-0.3, -0.25) is 4.99 Å². The summed E-state index contributed by atoms with van der Waals surface area (Å²) >= 11 is 0. The number of benzene rings is 1. The van der Waals surface area contributed by atoms with Crippen molar-refractivity contribution in [3.8, 4) is 0 Å². The minimum absolute atomic E-state index is 0. The van der Waals surface area contributed by atoms with Gasteiger partial charge in [-0.2, -0.15) is 0 Å². The lowest BCUT2D eigenvalue weighted by Gasteiger charge is -2.18. The van der Waals surface area contributed by atoms with E-state index in [-0.39, 0.29) is 30.6 Å². The van der Waals surface area contributed by atoms with E-state index < -0.39 is 0 Å². The normalized spacial score (nSPS) is 13.7. The number of aliphatic hydroxyl groups is 1. The van der Waals surface area contributed by atoms with E-state index in [0.717, 1.165) is 44.9 Å². The lowest BCUT2D eigenvalue weighted by molar-refractivity contribution is 0.253. The Bertz CT molecular complexity index is 470. The molecule has 0 bridgehead atoms. The summed E-state index contributed by atoms with van der Waals surface area (Å²) in [6.45, 7) is 11.3. The van der Waals surface area contributed by atoms with Crippen LogP contribution in [0.1, 0.15) is 57.1 Å². The summed E-state index contributed by atoms with van der Waals surface area (Å²) in [6, 6.07) is 8.72. The number of hydrogen-bond donors (Lipinski definition) is 3. The average Bonchev–Trinajstić information content (AvgIpc) is 2.58. The van der Waals surface area contributed by atoms with Crippen molar-refractivity contribution in [2.45, 2.75) is 52.9 Å². The van der Waals surface area contributed by atoms with Crippen molar-refractivity contribution < 1.29 is 5.11 Å². The van der Waals surface area contributed by atoms with Crippen LogP contribution in [0, 0.1) is 12.8 Å². The van der Waals surface area contributed by atoms with E-state index >= 15 is 0 Å². The van der Waals surface area contributed by atoms with Gasteiger partial charge in [-0.15, -0.1) is 24.0 Å². The maximum absolute atomic E-state index is 9.17. The zero-order valence-electron chi connectivity index (χ0n) is 16.2. The second-order valence-electron chi connectivity index (χ2n) is 6.58. The Hall–Kier alpha value is -0.820. The van der Waals surface area contributed by atoms with E-state index in [0.29, 0.717) is 11.8 Å². The third-order valence-corrected chi connectivity index (χ3v) is 4.31. The molecule has 0 aromatic heterocycles. The molecule has 5 heteroatoms. The molecule has 0 saturated carbocycles. The first-order chi connectivity index (χ1) is 11.6. The van der Waals surface area contributed by atoms with Crippen molar-refractivity contribution in [3.05, 3.63) is 35.4 Å². The fraction of sp³-hybridized carbons (Fsp3) is 0.650. The third-order valence-electron chi connectivity index (χ3n) is 4.31. The molecule has 2 atom stereocenters. The van der Waals surface area contributed by atoms with Crippen molar-refractivity contribution in [1.29, 1.82) is 0 Å². The predicted octanol–water partition coefficient (Wildman–Crippen LogP) is 4.07. The predicted molar refractivity (Wildman–Crippen MR) is 119 cm³/mol. The minimum atomic E-state index is 0. The van der Waals surface area contributed by atoms with Gasteiger partial charge in [0.2, 0.25) is 0 Å². The van der Waals surface area contributed by atoms with Gasteiger partial charge in [-0.05, 0) is 44.1 Å². The highest BCUT2D eigenvalue weighted by atomic mass is 127. The Morgan fingerprint density at radius 2 is 1.80 bits per heavy atom. The number of nitrogens with zero attached hydrogens (tertiary/aromatic N) is 1. The molecule has 0 fully saturated rings. The molecule has 1 aromatic rings. The van der Waals surface area contributed by atoms with Gasteiger partial charge >= 0.3 is 0 Å². The van der Waals surface area contributed by atoms with Gasteiger partial charge in [-0.25, -0.2) is 0 Å². The van der Waals surface area contributed by atoms with E-state index in [1.807, 2.05) is 0 Å². The van der Waals surface area contributed by atoms with Gasteiger partial charge in [0.15, 0.2) is 5.96 Å². The summed E-state index contributed by atoms with van der Waals surface area (Å²) in [6.07, 6.45) is 3.08. The van der Waals surface area contributed by atoms with E-state index in [4.69, 9.17) is 4.99 Å². The Labute approximate surface area is 170 Å². The van der Waals surface area contributed by atoms with Crippen LogP contribution in [0.5, 0.6) is 0 Å². The first-order valence-corrected chi connectivity index (χ1v) is 9.30. The first kappa shape index (κ1) is 24.2. The van der Waals surface area contributed by atoms with Gasteiger partial charge in [0.1, 0.15) is 0 Å². The molecule has 0 aliphatic carbocycles. The molecule has 0 spiro atoms. The molecule has 1 aromatic carbocycles. The summed E-state index contributed by atoms with van der Waals surface area (Å²) in [5.74, 6) is 1.76. The number of nitrogens with one attached hydrogen (secondary N) is 2. The Kier molecular flexibility index (Phi) is 13.9. The standard InChI is InChI=1S/C20H35N3O.HI/c1-5-7-18(12-13-24)15-23-20(21-6-2)22-14-17(4)19-10-8-16(3)9-11-19;/h8-11,17-18,24H,5-7,12-15H2,1-4H3,(H2,21,22,23);1H. The highest BCUT2D eigenvalue weighted by molar-refractivity contribution is 14.0. The number of aliphatic imine (C=N–C) groups is 1. The highest BCUT2D eigenvalue weighted by Gasteiger charge is 2.09. The number of aryl methyl sites for hydroxylation is 1. The summed E-state index contributed by atoms with van der Waals surface area (Å²) in [7, 11) is 0. The topological polar surface area (TPSA) is 56.7 Å². The zero-order chi connectivity index (χ0) is 17.8. The lowest BCUT2D eigenvalue weighted by atomic mass is 10.00. The lowest BCUT2D eigenvalue weighted by Crippen LogP contribution is -2.39. The Morgan fingerprint density at radius 1 is 1.12 bits per heavy atom. The van der Waals surface area contributed by atoms with Crippen LogP contribution in [0.25, 0.3) is 0 Å². The van der Waals surface area contributed by atoms with Crippen molar-refractivity contribution in [3.63, 3.8) is 0 Å². The van der Waals surface area contributed by atoms with Crippen molar-refractivity contribution in [1.82, 2.24) is 10.6 Å². The molecule has 0 saturated heterocycles. The molecule has 1 rings (SSSR count). The van der Waals surface area contributed by atoms with E-state index in [2.05, 4.69) is 62.6 Å². The molecule has 0 aliphatic heterocycles. The molecule has 3 N–H and O–H groups in total. The molecular weight excluding hydrogens is 425 g/mol. The molecule has 144 valence electrons.